The highest BCUT2D eigenvalue weighted by Crippen LogP contribution is 2.24. The second kappa shape index (κ2) is 4.77. The van der Waals surface area contributed by atoms with Crippen LogP contribution in [0.1, 0.15) is 40.9 Å². The third-order valence-electron chi connectivity index (χ3n) is 3.14. The number of aromatic nitrogens is 2. The highest BCUT2D eigenvalue weighted by molar-refractivity contribution is 5.87. The van der Waals surface area contributed by atoms with Gasteiger partial charge < -0.3 is 20.1 Å². The van der Waals surface area contributed by atoms with Crippen LogP contribution in [0.5, 0.6) is 0 Å². The van der Waals surface area contributed by atoms with Crippen molar-refractivity contribution in [1.82, 2.24) is 14.9 Å². The van der Waals surface area contributed by atoms with Crippen LogP contribution in [-0.4, -0.2) is 38.8 Å². The molecule has 0 aromatic carbocycles. The molecule has 0 aliphatic carbocycles. The maximum Gasteiger partial charge on any atom is 0.356 e. The molecule has 1 atom stereocenters. The molecule has 0 bridgehead atoms. The minimum Gasteiger partial charge on any atom is -0.480 e. The van der Waals surface area contributed by atoms with Gasteiger partial charge in [-0.1, -0.05) is 0 Å². The Labute approximate surface area is 103 Å². The standard InChI is InChI=1S/C11H15N3O4/c1-12-8(11(17)18)9-13-7(10(15)16)6-4-2-3-5-14(6)9/h8,12H,2-5H2,1H3,(H,15,16)(H,17,18). The minimum atomic E-state index is -1.10. The highest BCUT2D eigenvalue weighted by Gasteiger charge is 2.30. The van der Waals surface area contributed by atoms with Gasteiger partial charge in [-0.3, -0.25) is 4.79 Å². The predicted molar refractivity (Wildman–Crippen MR) is 61.6 cm³/mol. The van der Waals surface area contributed by atoms with Gasteiger partial charge in [0, 0.05) is 6.54 Å². The van der Waals surface area contributed by atoms with Gasteiger partial charge in [0.05, 0.1) is 5.69 Å². The molecule has 0 saturated heterocycles. The summed E-state index contributed by atoms with van der Waals surface area (Å²) in [5.41, 5.74) is 0.608. The first-order valence-electron chi connectivity index (χ1n) is 5.79. The molecule has 1 aliphatic rings. The molecule has 3 N–H and O–H groups in total. The van der Waals surface area contributed by atoms with E-state index >= 15 is 0 Å². The van der Waals surface area contributed by atoms with Crippen LogP contribution in [0, 0.1) is 0 Å². The first kappa shape index (κ1) is 12.6. The van der Waals surface area contributed by atoms with Crippen molar-refractivity contribution in [3.63, 3.8) is 0 Å². The van der Waals surface area contributed by atoms with Crippen LogP contribution in [-0.2, 0) is 17.8 Å². The lowest BCUT2D eigenvalue weighted by Crippen LogP contribution is -2.29. The number of carbonyl (C=O) groups is 2. The maximum atomic E-state index is 11.1. The van der Waals surface area contributed by atoms with Gasteiger partial charge in [0.2, 0.25) is 0 Å². The van der Waals surface area contributed by atoms with Gasteiger partial charge in [0.1, 0.15) is 5.82 Å². The molecule has 0 fully saturated rings. The molecule has 0 radical (unpaired) electrons. The molecular weight excluding hydrogens is 238 g/mol. The van der Waals surface area contributed by atoms with E-state index in [1.807, 2.05) is 0 Å². The molecule has 98 valence electrons. The smallest absolute Gasteiger partial charge is 0.356 e. The fraction of sp³-hybridized carbons (Fsp3) is 0.545. The van der Waals surface area contributed by atoms with Gasteiger partial charge in [0.25, 0.3) is 0 Å². The molecule has 18 heavy (non-hydrogen) atoms. The van der Waals surface area contributed by atoms with E-state index in [4.69, 9.17) is 10.2 Å². The Bertz CT molecular complexity index is 495. The van der Waals surface area contributed by atoms with E-state index in [1.54, 1.807) is 4.57 Å². The van der Waals surface area contributed by atoms with Gasteiger partial charge in [-0.2, -0.15) is 0 Å². The van der Waals surface area contributed by atoms with Crippen molar-refractivity contribution in [2.45, 2.75) is 31.8 Å². The third-order valence-corrected chi connectivity index (χ3v) is 3.14. The maximum absolute atomic E-state index is 11.1. The Morgan fingerprint density at radius 1 is 1.39 bits per heavy atom. The summed E-state index contributed by atoms with van der Waals surface area (Å²) in [6.45, 7) is 0.621. The number of nitrogens with zero attached hydrogens (tertiary/aromatic N) is 2. The van der Waals surface area contributed by atoms with Crippen LogP contribution in [0.3, 0.4) is 0 Å². The molecule has 7 nitrogen and oxygen atoms in total. The van der Waals surface area contributed by atoms with Crippen LogP contribution in [0.4, 0.5) is 0 Å². The molecule has 2 rings (SSSR count). The zero-order valence-electron chi connectivity index (χ0n) is 10.0. The number of rotatable bonds is 4. The number of hydrogen-bond donors (Lipinski definition) is 3. The summed E-state index contributed by atoms with van der Waals surface area (Å²) in [5.74, 6) is -1.89. The molecule has 2 heterocycles. The number of carboxylic acid groups (broad SMARTS) is 2. The largest absolute Gasteiger partial charge is 0.480 e. The average Bonchev–Trinajstić information content (AvgIpc) is 2.70. The third kappa shape index (κ3) is 1.97. The molecule has 1 aromatic rings. The number of hydrogen-bond acceptors (Lipinski definition) is 4. The second-order valence-electron chi connectivity index (χ2n) is 4.24. The van der Waals surface area contributed by atoms with Crippen molar-refractivity contribution in [3.8, 4) is 0 Å². The van der Waals surface area contributed by atoms with Gasteiger partial charge in [-0.05, 0) is 26.3 Å². The molecule has 0 amide bonds. The van der Waals surface area contributed by atoms with Crippen LogP contribution >= 0.6 is 0 Å². The normalized spacial score (nSPS) is 16.1. The number of imidazole rings is 1. The van der Waals surface area contributed by atoms with Crippen molar-refractivity contribution in [3.05, 3.63) is 17.2 Å². The van der Waals surface area contributed by atoms with E-state index in [9.17, 15) is 9.59 Å². The number of nitrogens with one attached hydrogen (secondary N) is 1. The number of aromatic carboxylic acids is 1. The molecular formula is C11H15N3O4. The lowest BCUT2D eigenvalue weighted by molar-refractivity contribution is -0.139. The molecule has 1 aliphatic heterocycles. The van der Waals surface area contributed by atoms with Crippen molar-refractivity contribution in [1.29, 1.82) is 0 Å². The molecule has 7 heteroatoms. The average molecular weight is 253 g/mol. The summed E-state index contributed by atoms with van der Waals surface area (Å²) in [7, 11) is 1.52. The van der Waals surface area contributed by atoms with Gasteiger partial charge >= 0.3 is 11.9 Å². The van der Waals surface area contributed by atoms with Crippen molar-refractivity contribution in [2.24, 2.45) is 0 Å². The Morgan fingerprint density at radius 2 is 2.11 bits per heavy atom. The summed E-state index contributed by atoms with van der Waals surface area (Å²) in [6.07, 6.45) is 2.44. The summed E-state index contributed by atoms with van der Waals surface area (Å²) in [5, 5.41) is 20.9. The monoisotopic (exact) mass is 253 g/mol. The van der Waals surface area contributed by atoms with Crippen LogP contribution in [0.2, 0.25) is 0 Å². The van der Waals surface area contributed by atoms with Gasteiger partial charge in [0.15, 0.2) is 11.7 Å². The lowest BCUT2D eigenvalue weighted by atomic mass is 10.1. The van der Waals surface area contributed by atoms with E-state index in [1.165, 1.54) is 7.05 Å². The van der Waals surface area contributed by atoms with Crippen LogP contribution in [0.15, 0.2) is 0 Å². The molecule has 1 aromatic heterocycles. The zero-order valence-corrected chi connectivity index (χ0v) is 10.0. The van der Waals surface area contributed by atoms with Gasteiger partial charge in [-0.25, -0.2) is 9.78 Å². The first-order valence-corrected chi connectivity index (χ1v) is 5.79. The van der Waals surface area contributed by atoms with Crippen molar-refractivity contribution >= 4 is 11.9 Å². The van der Waals surface area contributed by atoms with Gasteiger partial charge in [-0.15, -0.1) is 0 Å². The topological polar surface area (TPSA) is 104 Å². The van der Waals surface area contributed by atoms with E-state index in [2.05, 4.69) is 10.3 Å². The Balaban J connectivity index is 2.54. The Morgan fingerprint density at radius 3 is 2.67 bits per heavy atom. The summed E-state index contributed by atoms with van der Waals surface area (Å²) in [4.78, 5) is 26.3. The number of likely N-dealkylation sites (N-methyl/N-ethyl adjacent to an activating group) is 1. The second-order valence-corrected chi connectivity index (χ2v) is 4.24. The molecule has 0 saturated carbocycles. The van der Waals surface area contributed by atoms with E-state index in [0.29, 0.717) is 18.7 Å². The SMILES string of the molecule is CNC(C(=O)O)c1nc(C(=O)O)c2n1CCCC2. The van der Waals surface area contributed by atoms with Crippen molar-refractivity contribution in [2.75, 3.05) is 7.05 Å². The highest BCUT2D eigenvalue weighted by atomic mass is 16.4. The summed E-state index contributed by atoms with van der Waals surface area (Å²) < 4.78 is 1.72. The summed E-state index contributed by atoms with van der Waals surface area (Å²) in [6, 6.07) is -0.977. The molecule has 0 spiro atoms. The fourth-order valence-corrected chi connectivity index (χ4v) is 2.33. The van der Waals surface area contributed by atoms with Crippen LogP contribution in [0.25, 0.3) is 0 Å². The quantitative estimate of drug-likeness (QED) is 0.711. The fourth-order valence-electron chi connectivity index (χ4n) is 2.33. The van der Waals surface area contributed by atoms with Crippen molar-refractivity contribution < 1.29 is 19.8 Å². The lowest BCUT2D eigenvalue weighted by Gasteiger charge is -2.19. The van der Waals surface area contributed by atoms with Crippen LogP contribution < -0.4 is 5.32 Å². The van der Waals surface area contributed by atoms with E-state index < -0.39 is 18.0 Å². The number of aliphatic carboxylic acids is 1. The Kier molecular flexibility index (Phi) is 3.33. The van der Waals surface area contributed by atoms with E-state index in [0.717, 1.165) is 12.8 Å². The minimum absolute atomic E-state index is 0.0220. The predicted octanol–water partition coefficient (Wildman–Crippen LogP) is 0.263. The number of carboxylic acids is 2. The zero-order chi connectivity index (χ0) is 13.3. The number of fused-ring (bicyclic) bond motifs is 1. The van der Waals surface area contributed by atoms with E-state index in [-0.39, 0.29) is 11.5 Å². The first-order chi connectivity index (χ1) is 8.56. The summed E-state index contributed by atoms with van der Waals surface area (Å²) >= 11 is 0. The molecule has 1 unspecified atom stereocenters. The Hall–Kier alpha value is -1.89.